The van der Waals surface area contributed by atoms with E-state index in [1.54, 1.807) is 14.2 Å². The zero-order valence-electron chi connectivity index (χ0n) is 8.99. The first kappa shape index (κ1) is 10.2. The highest BCUT2D eigenvalue weighted by atomic mass is 16.5. The molecule has 82 valence electrons. The van der Waals surface area contributed by atoms with E-state index in [2.05, 4.69) is 15.3 Å². The van der Waals surface area contributed by atoms with Gasteiger partial charge in [0.15, 0.2) is 0 Å². The number of ether oxygens (including phenoxy) is 2. The molecule has 1 saturated heterocycles. The highest BCUT2D eigenvalue weighted by Crippen LogP contribution is 2.25. The standard InChI is InChI=1S/C10H15N3O2/c1-14-9-6-8(7-4-3-5-11-7)12-10(13-9)15-2/h6-7,11H,3-5H2,1-2H3/t7-/m0/s1. The lowest BCUT2D eigenvalue weighted by atomic mass is 10.1. The highest BCUT2D eigenvalue weighted by Gasteiger charge is 2.19. The number of aromatic nitrogens is 2. The summed E-state index contributed by atoms with van der Waals surface area (Å²) in [5.74, 6) is 0.547. The molecule has 1 aliphatic heterocycles. The van der Waals surface area contributed by atoms with Gasteiger partial charge in [-0.3, -0.25) is 0 Å². The Labute approximate surface area is 88.8 Å². The van der Waals surface area contributed by atoms with E-state index in [1.165, 1.54) is 6.42 Å². The lowest BCUT2D eigenvalue weighted by Crippen LogP contribution is -2.15. The van der Waals surface area contributed by atoms with Gasteiger partial charge in [0.25, 0.3) is 0 Å². The van der Waals surface area contributed by atoms with Gasteiger partial charge in [-0.1, -0.05) is 0 Å². The van der Waals surface area contributed by atoms with Crippen molar-refractivity contribution in [1.29, 1.82) is 0 Å². The number of nitrogens with zero attached hydrogens (tertiary/aromatic N) is 2. The smallest absolute Gasteiger partial charge is 0.319 e. The van der Waals surface area contributed by atoms with Gasteiger partial charge in [-0.05, 0) is 19.4 Å². The Balaban J connectivity index is 2.28. The summed E-state index contributed by atoms with van der Waals surface area (Å²) in [6.45, 7) is 1.04. The molecule has 0 aromatic carbocycles. The molecule has 2 rings (SSSR count). The Morgan fingerprint density at radius 1 is 1.33 bits per heavy atom. The second kappa shape index (κ2) is 4.44. The lowest BCUT2D eigenvalue weighted by Gasteiger charge is -2.11. The van der Waals surface area contributed by atoms with Crippen LogP contribution in [0.25, 0.3) is 0 Å². The summed E-state index contributed by atoms with van der Waals surface area (Å²) in [5, 5.41) is 3.37. The molecule has 5 heteroatoms. The van der Waals surface area contributed by atoms with Crippen LogP contribution in [-0.4, -0.2) is 30.7 Å². The van der Waals surface area contributed by atoms with Crippen molar-refractivity contribution < 1.29 is 9.47 Å². The van der Waals surface area contributed by atoms with Crippen LogP contribution in [0.1, 0.15) is 24.6 Å². The second-order valence-corrected chi connectivity index (χ2v) is 3.47. The minimum absolute atomic E-state index is 0.302. The van der Waals surface area contributed by atoms with Gasteiger partial charge >= 0.3 is 6.01 Å². The van der Waals surface area contributed by atoms with E-state index in [4.69, 9.17) is 9.47 Å². The average Bonchev–Trinajstić information content (AvgIpc) is 2.81. The van der Waals surface area contributed by atoms with Gasteiger partial charge in [0.05, 0.1) is 19.9 Å². The van der Waals surface area contributed by atoms with E-state index < -0.39 is 0 Å². The number of nitrogens with one attached hydrogen (secondary N) is 1. The van der Waals surface area contributed by atoms with Gasteiger partial charge in [0.2, 0.25) is 5.88 Å². The van der Waals surface area contributed by atoms with E-state index in [0.717, 1.165) is 18.7 Å². The normalized spacial score (nSPS) is 20.3. The fourth-order valence-corrected chi connectivity index (χ4v) is 1.73. The predicted molar refractivity (Wildman–Crippen MR) is 55.1 cm³/mol. The topological polar surface area (TPSA) is 56.3 Å². The van der Waals surface area contributed by atoms with Crippen molar-refractivity contribution >= 4 is 0 Å². The van der Waals surface area contributed by atoms with Gasteiger partial charge in [0, 0.05) is 12.1 Å². The maximum absolute atomic E-state index is 5.10. The summed E-state index contributed by atoms with van der Waals surface area (Å²) in [6.07, 6.45) is 2.28. The third-order valence-electron chi connectivity index (χ3n) is 2.51. The van der Waals surface area contributed by atoms with Crippen LogP contribution in [0.2, 0.25) is 0 Å². The van der Waals surface area contributed by atoms with Crippen LogP contribution in [0.5, 0.6) is 11.9 Å². The van der Waals surface area contributed by atoms with Crippen LogP contribution in [-0.2, 0) is 0 Å². The largest absolute Gasteiger partial charge is 0.481 e. The molecule has 1 aromatic heterocycles. The van der Waals surface area contributed by atoms with Crippen molar-refractivity contribution in [3.63, 3.8) is 0 Å². The number of rotatable bonds is 3. The van der Waals surface area contributed by atoms with Crippen molar-refractivity contribution in [3.8, 4) is 11.9 Å². The van der Waals surface area contributed by atoms with E-state index in [9.17, 15) is 0 Å². The SMILES string of the molecule is COc1cc([C@@H]2CCCN2)nc(OC)n1. The first-order valence-electron chi connectivity index (χ1n) is 5.04. The molecule has 1 aliphatic rings. The zero-order chi connectivity index (χ0) is 10.7. The third-order valence-corrected chi connectivity index (χ3v) is 2.51. The molecular weight excluding hydrogens is 194 g/mol. The summed E-state index contributed by atoms with van der Waals surface area (Å²) in [6, 6.07) is 2.51. The molecule has 0 spiro atoms. The summed E-state index contributed by atoms with van der Waals surface area (Å²) in [7, 11) is 3.15. The van der Waals surface area contributed by atoms with Crippen LogP contribution >= 0.6 is 0 Å². The summed E-state index contributed by atoms with van der Waals surface area (Å²) in [5.41, 5.74) is 0.941. The molecule has 0 saturated carbocycles. The second-order valence-electron chi connectivity index (χ2n) is 3.47. The van der Waals surface area contributed by atoms with Gasteiger partial charge in [-0.15, -0.1) is 0 Å². The van der Waals surface area contributed by atoms with Crippen molar-refractivity contribution in [3.05, 3.63) is 11.8 Å². The molecule has 1 fully saturated rings. The van der Waals surface area contributed by atoms with Gasteiger partial charge in [0.1, 0.15) is 0 Å². The van der Waals surface area contributed by atoms with E-state index in [0.29, 0.717) is 17.9 Å². The van der Waals surface area contributed by atoms with Gasteiger partial charge in [-0.2, -0.15) is 9.97 Å². The first-order chi connectivity index (χ1) is 7.33. The minimum Gasteiger partial charge on any atom is -0.481 e. The molecule has 15 heavy (non-hydrogen) atoms. The van der Waals surface area contributed by atoms with Gasteiger partial charge in [-0.25, -0.2) is 0 Å². The first-order valence-corrected chi connectivity index (χ1v) is 5.04. The lowest BCUT2D eigenvalue weighted by molar-refractivity contribution is 0.347. The van der Waals surface area contributed by atoms with Crippen LogP contribution in [0, 0.1) is 0 Å². The quantitative estimate of drug-likeness (QED) is 0.802. The molecule has 0 bridgehead atoms. The molecule has 1 N–H and O–H groups in total. The Morgan fingerprint density at radius 3 is 2.80 bits per heavy atom. The molecule has 0 aliphatic carbocycles. The summed E-state index contributed by atoms with van der Waals surface area (Å²) in [4.78, 5) is 8.36. The van der Waals surface area contributed by atoms with Crippen LogP contribution in [0.3, 0.4) is 0 Å². The summed E-state index contributed by atoms with van der Waals surface area (Å²) >= 11 is 0. The van der Waals surface area contributed by atoms with Crippen molar-refractivity contribution in [2.75, 3.05) is 20.8 Å². The molecule has 5 nitrogen and oxygen atoms in total. The molecular formula is C10H15N3O2. The molecule has 1 atom stereocenters. The molecule has 0 amide bonds. The van der Waals surface area contributed by atoms with Gasteiger partial charge < -0.3 is 14.8 Å². The monoisotopic (exact) mass is 209 g/mol. The molecule has 0 radical (unpaired) electrons. The van der Waals surface area contributed by atoms with Crippen LogP contribution < -0.4 is 14.8 Å². The minimum atomic E-state index is 0.302. The Kier molecular flexibility index (Phi) is 3.01. The Bertz CT molecular complexity index is 315. The zero-order valence-corrected chi connectivity index (χ0v) is 8.99. The molecule has 1 aromatic rings. The number of hydrogen-bond acceptors (Lipinski definition) is 5. The van der Waals surface area contributed by atoms with Crippen LogP contribution in [0.15, 0.2) is 6.07 Å². The van der Waals surface area contributed by atoms with E-state index in [1.807, 2.05) is 6.07 Å². The summed E-state index contributed by atoms with van der Waals surface area (Å²) < 4.78 is 10.1. The van der Waals surface area contributed by atoms with Crippen molar-refractivity contribution in [1.82, 2.24) is 15.3 Å². The average molecular weight is 209 g/mol. The fourth-order valence-electron chi connectivity index (χ4n) is 1.73. The van der Waals surface area contributed by atoms with Crippen LogP contribution in [0.4, 0.5) is 0 Å². The maximum Gasteiger partial charge on any atom is 0.319 e. The van der Waals surface area contributed by atoms with Crippen molar-refractivity contribution in [2.24, 2.45) is 0 Å². The molecule has 2 heterocycles. The Hall–Kier alpha value is -1.36. The highest BCUT2D eigenvalue weighted by molar-refractivity contribution is 5.21. The van der Waals surface area contributed by atoms with E-state index in [-0.39, 0.29) is 0 Å². The molecule has 0 unspecified atom stereocenters. The van der Waals surface area contributed by atoms with Crippen molar-refractivity contribution in [2.45, 2.75) is 18.9 Å². The Morgan fingerprint density at radius 2 is 2.20 bits per heavy atom. The number of methoxy groups -OCH3 is 2. The maximum atomic E-state index is 5.10. The predicted octanol–water partition coefficient (Wildman–Crippen LogP) is 0.918. The van der Waals surface area contributed by atoms with E-state index >= 15 is 0 Å². The number of hydrogen-bond donors (Lipinski definition) is 1. The fraction of sp³-hybridized carbons (Fsp3) is 0.600. The third kappa shape index (κ3) is 2.18.